The van der Waals surface area contributed by atoms with Crippen molar-refractivity contribution in [3.8, 4) is 5.75 Å². The summed E-state index contributed by atoms with van der Waals surface area (Å²) in [6.07, 6.45) is 3.53. The molecule has 0 atom stereocenters. The second kappa shape index (κ2) is 10.3. The van der Waals surface area contributed by atoms with Gasteiger partial charge < -0.3 is 15.0 Å². The van der Waals surface area contributed by atoms with E-state index in [2.05, 4.69) is 15.8 Å². The number of nitrogens with zero attached hydrogens (tertiary/aromatic N) is 2. The van der Waals surface area contributed by atoms with Crippen molar-refractivity contribution in [2.24, 2.45) is 11.0 Å². The van der Waals surface area contributed by atoms with E-state index in [0.717, 1.165) is 31.5 Å². The molecule has 1 saturated heterocycles. The summed E-state index contributed by atoms with van der Waals surface area (Å²) in [4.78, 5) is 36.8. The van der Waals surface area contributed by atoms with Crippen LogP contribution in [0.2, 0.25) is 0 Å². The molecule has 0 radical (unpaired) electrons. The minimum absolute atomic E-state index is 0.00315. The van der Waals surface area contributed by atoms with E-state index >= 15 is 0 Å². The molecule has 1 aromatic carbocycles. The summed E-state index contributed by atoms with van der Waals surface area (Å²) in [6.45, 7) is 5.93. The number of amides is 3. The molecule has 0 bridgehead atoms. The average Bonchev–Trinajstić information content (AvgIpc) is 3.20. The predicted molar refractivity (Wildman–Crippen MR) is 101 cm³/mol. The number of hydrogen-bond acceptors (Lipinski definition) is 5. The summed E-state index contributed by atoms with van der Waals surface area (Å²) in [5.74, 6) is -0.690. The molecule has 0 saturated carbocycles. The third kappa shape index (κ3) is 7.08. The molecule has 1 aliphatic heterocycles. The van der Waals surface area contributed by atoms with Crippen LogP contribution >= 0.6 is 0 Å². The molecule has 0 spiro atoms. The monoisotopic (exact) mass is 374 g/mol. The van der Waals surface area contributed by atoms with Gasteiger partial charge in [-0.25, -0.2) is 5.43 Å². The summed E-state index contributed by atoms with van der Waals surface area (Å²) in [6, 6.07) is 6.92. The Morgan fingerprint density at radius 2 is 1.81 bits per heavy atom. The summed E-state index contributed by atoms with van der Waals surface area (Å²) in [5, 5.41) is 6.27. The lowest BCUT2D eigenvalue weighted by atomic mass is 10.2. The van der Waals surface area contributed by atoms with Gasteiger partial charge in [-0.1, -0.05) is 13.8 Å². The predicted octanol–water partition coefficient (Wildman–Crippen LogP) is 0.910. The van der Waals surface area contributed by atoms with Gasteiger partial charge in [0.1, 0.15) is 5.75 Å². The minimum atomic E-state index is -0.813. The molecule has 8 heteroatoms. The Morgan fingerprint density at radius 1 is 1.15 bits per heavy atom. The fourth-order valence-electron chi connectivity index (χ4n) is 2.45. The SMILES string of the molecule is CC(C)CNC(=O)C(=O)N/N=C\c1ccc(OCC(=O)N2CCCC2)cc1. The number of hydrogen-bond donors (Lipinski definition) is 2. The van der Waals surface area contributed by atoms with Crippen molar-refractivity contribution in [3.63, 3.8) is 0 Å². The Labute approximate surface area is 158 Å². The highest BCUT2D eigenvalue weighted by atomic mass is 16.5. The largest absolute Gasteiger partial charge is 0.484 e. The summed E-state index contributed by atoms with van der Waals surface area (Å²) < 4.78 is 5.50. The number of benzene rings is 1. The number of ether oxygens (including phenoxy) is 1. The molecule has 1 heterocycles. The minimum Gasteiger partial charge on any atom is -0.484 e. The maximum Gasteiger partial charge on any atom is 0.329 e. The quantitative estimate of drug-likeness (QED) is 0.421. The molecular weight excluding hydrogens is 348 g/mol. The molecule has 146 valence electrons. The van der Waals surface area contributed by atoms with Crippen molar-refractivity contribution < 1.29 is 19.1 Å². The summed E-state index contributed by atoms with van der Waals surface area (Å²) >= 11 is 0. The average molecular weight is 374 g/mol. The highest BCUT2D eigenvalue weighted by Crippen LogP contribution is 2.12. The van der Waals surface area contributed by atoms with Gasteiger partial charge in [-0.3, -0.25) is 14.4 Å². The van der Waals surface area contributed by atoms with Crippen LogP contribution in [0.15, 0.2) is 29.4 Å². The zero-order chi connectivity index (χ0) is 19.6. The van der Waals surface area contributed by atoms with E-state index in [1.807, 2.05) is 13.8 Å². The van der Waals surface area contributed by atoms with Crippen LogP contribution in [0.5, 0.6) is 5.75 Å². The van der Waals surface area contributed by atoms with Crippen molar-refractivity contribution in [1.29, 1.82) is 0 Å². The molecule has 0 unspecified atom stereocenters. The number of nitrogens with one attached hydrogen (secondary N) is 2. The van der Waals surface area contributed by atoms with Crippen LogP contribution in [0.4, 0.5) is 0 Å². The van der Waals surface area contributed by atoms with E-state index in [9.17, 15) is 14.4 Å². The van der Waals surface area contributed by atoms with Crippen molar-refractivity contribution >= 4 is 23.9 Å². The highest BCUT2D eigenvalue weighted by molar-refractivity contribution is 6.35. The third-order valence-electron chi connectivity index (χ3n) is 3.96. The molecule has 8 nitrogen and oxygen atoms in total. The first-order chi connectivity index (χ1) is 13.0. The van der Waals surface area contributed by atoms with Crippen LogP contribution in [0, 0.1) is 5.92 Å². The van der Waals surface area contributed by atoms with Crippen LogP contribution in [-0.4, -0.2) is 55.1 Å². The van der Waals surface area contributed by atoms with Crippen LogP contribution in [0.1, 0.15) is 32.3 Å². The van der Waals surface area contributed by atoms with Gasteiger partial charge in [-0.2, -0.15) is 5.10 Å². The van der Waals surface area contributed by atoms with Crippen LogP contribution in [0.25, 0.3) is 0 Å². The van der Waals surface area contributed by atoms with Crippen molar-refractivity contribution in [3.05, 3.63) is 29.8 Å². The molecule has 0 aromatic heterocycles. The van der Waals surface area contributed by atoms with E-state index in [1.54, 1.807) is 29.2 Å². The van der Waals surface area contributed by atoms with Gasteiger partial charge >= 0.3 is 11.8 Å². The Morgan fingerprint density at radius 3 is 2.44 bits per heavy atom. The Balaban J connectivity index is 1.74. The molecule has 1 fully saturated rings. The highest BCUT2D eigenvalue weighted by Gasteiger charge is 2.18. The van der Waals surface area contributed by atoms with Gasteiger partial charge in [0, 0.05) is 19.6 Å². The second-order valence-electron chi connectivity index (χ2n) is 6.75. The first kappa shape index (κ1) is 20.4. The van der Waals surface area contributed by atoms with Gasteiger partial charge in [0.2, 0.25) is 0 Å². The van der Waals surface area contributed by atoms with Gasteiger partial charge in [-0.05, 0) is 48.6 Å². The van der Waals surface area contributed by atoms with Crippen LogP contribution < -0.4 is 15.5 Å². The van der Waals surface area contributed by atoms with Gasteiger partial charge in [0.25, 0.3) is 5.91 Å². The van der Waals surface area contributed by atoms with Crippen LogP contribution in [-0.2, 0) is 14.4 Å². The normalized spacial score (nSPS) is 13.8. The maximum absolute atomic E-state index is 11.9. The fourth-order valence-corrected chi connectivity index (χ4v) is 2.45. The van der Waals surface area contributed by atoms with Gasteiger partial charge in [-0.15, -0.1) is 0 Å². The number of carbonyl (C=O) groups is 3. The zero-order valence-corrected chi connectivity index (χ0v) is 15.7. The van der Waals surface area contributed by atoms with Crippen molar-refractivity contribution in [1.82, 2.24) is 15.6 Å². The Kier molecular flexibility index (Phi) is 7.79. The van der Waals surface area contributed by atoms with E-state index in [4.69, 9.17) is 4.74 Å². The van der Waals surface area contributed by atoms with Gasteiger partial charge in [0.05, 0.1) is 6.21 Å². The number of hydrazone groups is 1. The molecule has 1 aromatic rings. The van der Waals surface area contributed by atoms with Gasteiger partial charge in [0.15, 0.2) is 6.61 Å². The molecule has 3 amide bonds. The summed E-state index contributed by atoms with van der Waals surface area (Å²) in [5.41, 5.74) is 2.90. The molecule has 2 rings (SSSR count). The fraction of sp³-hybridized carbons (Fsp3) is 0.474. The molecule has 2 N–H and O–H groups in total. The lowest BCUT2D eigenvalue weighted by Crippen LogP contribution is -2.39. The molecular formula is C19H26N4O4. The first-order valence-electron chi connectivity index (χ1n) is 9.07. The smallest absolute Gasteiger partial charge is 0.329 e. The molecule has 27 heavy (non-hydrogen) atoms. The first-order valence-corrected chi connectivity index (χ1v) is 9.07. The molecule has 0 aliphatic carbocycles. The van der Waals surface area contributed by atoms with Crippen molar-refractivity contribution in [2.45, 2.75) is 26.7 Å². The Hall–Kier alpha value is -2.90. The van der Waals surface area contributed by atoms with E-state index in [-0.39, 0.29) is 18.4 Å². The Bertz CT molecular complexity index is 679. The second-order valence-corrected chi connectivity index (χ2v) is 6.75. The van der Waals surface area contributed by atoms with E-state index in [1.165, 1.54) is 6.21 Å². The maximum atomic E-state index is 11.9. The zero-order valence-electron chi connectivity index (χ0n) is 15.7. The standard InChI is InChI=1S/C19H26N4O4/c1-14(2)11-20-18(25)19(26)22-21-12-15-5-7-16(8-6-15)27-13-17(24)23-9-3-4-10-23/h5-8,12,14H,3-4,9-11,13H2,1-2H3,(H,20,25)(H,22,26)/b21-12-. The summed E-state index contributed by atoms with van der Waals surface area (Å²) in [7, 11) is 0. The lowest BCUT2D eigenvalue weighted by Gasteiger charge is -2.15. The number of carbonyl (C=O) groups excluding carboxylic acids is 3. The number of rotatable bonds is 7. The molecule has 1 aliphatic rings. The lowest BCUT2D eigenvalue weighted by molar-refractivity contribution is -0.139. The topological polar surface area (TPSA) is 100 Å². The number of likely N-dealkylation sites (tertiary alicyclic amines) is 1. The van der Waals surface area contributed by atoms with Crippen LogP contribution in [0.3, 0.4) is 0 Å². The third-order valence-corrected chi connectivity index (χ3v) is 3.96. The van der Waals surface area contributed by atoms with E-state index in [0.29, 0.717) is 12.3 Å². The van der Waals surface area contributed by atoms with E-state index < -0.39 is 11.8 Å². The van der Waals surface area contributed by atoms with Crippen molar-refractivity contribution in [2.75, 3.05) is 26.2 Å².